The second kappa shape index (κ2) is 11.3. The SMILES string of the molecule is COc1ccccc1C1=NCc2cnc(Nc3ccc(C(=O)N4CC(C)NC(C)C4)cc3)nc2-c2ccc(Cl)cc21. The van der Waals surface area contributed by atoms with Crippen molar-refractivity contribution in [1.82, 2.24) is 20.2 Å². The number of hydrogen-bond acceptors (Lipinski definition) is 7. The summed E-state index contributed by atoms with van der Waals surface area (Å²) < 4.78 is 5.64. The molecular weight excluding hydrogens is 536 g/mol. The van der Waals surface area contributed by atoms with Crippen LogP contribution in [-0.4, -0.2) is 58.8 Å². The van der Waals surface area contributed by atoms with Crippen LogP contribution in [0.2, 0.25) is 5.02 Å². The Kier molecular flexibility index (Phi) is 7.43. The monoisotopic (exact) mass is 566 g/mol. The maximum Gasteiger partial charge on any atom is 0.253 e. The lowest BCUT2D eigenvalue weighted by Gasteiger charge is -2.36. The normalized spacial score (nSPS) is 18.0. The van der Waals surface area contributed by atoms with Crippen LogP contribution in [0.3, 0.4) is 0 Å². The maximum absolute atomic E-state index is 13.1. The van der Waals surface area contributed by atoms with Gasteiger partial charge in [-0.15, -0.1) is 0 Å². The highest BCUT2D eigenvalue weighted by Gasteiger charge is 2.26. The number of halogens is 1. The molecule has 0 bridgehead atoms. The van der Waals surface area contributed by atoms with Crippen molar-refractivity contribution in [2.75, 3.05) is 25.5 Å². The predicted molar refractivity (Wildman–Crippen MR) is 163 cm³/mol. The topological polar surface area (TPSA) is 91.7 Å². The minimum absolute atomic E-state index is 0.0409. The molecule has 0 saturated carbocycles. The van der Waals surface area contributed by atoms with Crippen LogP contribution in [0.5, 0.6) is 5.75 Å². The zero-order chi connectivity index (χ0) is 28.5. The fourth-order valence-corrected chi connectivity index (χ4v) is 5.73. The number of carbonyl (C=O) groups is 1. The molecule has 9 heteroatoms. The average molecular weight is 567 g/mol. The fraction of sp³-hybridized carbons (Fsp3) is 0.250. The van der Waals surface area contributed by atoms with Crippen LogP contribution >= 0.6 is 11.6 Å². The smallest absolute Gasteiger partial charge is 0.253 e. The molecule has 2 aliphatic heterocycles. The Bertz CT molecular complexity index is 1630. The summed E-state index contributed by atoms with van der Waals surface area (Å²) >= 11 is 6.46. The third kappa shape index (κ3) is 5.53. The Hall–Kier alpha value is -4.27. The van der Waals surface area contributed by atoms with Gasteiger partial charge in [-0.05, 0) is 62.4 Å². The summed E-state index contributed by atoms with van der Waals surface area (Å²) in [5, 5.41) is 7.37. The van der Waals surface area contributed by atoms with Crippen molar-refractivity contribution in [1.29, 1.82) is 0 Å². The number of benzene rings is 3. The van der Waals surface area contributed by atoms with Gasteiger partial charge in [-0.1, -0.05) is 29.8 Å². The summed E-state index contributed by atoms with van der Waals surface area (Å²) in [7, 11) is 1.65. The number of ether oxygens (including phenoxy) is 1. The fourth-order valence-electron chi connectivity index (χ4n) is 5.56. The van der Waals surface area contributed by atoms with Crippen LogP contribution in [-0.2, 0) is 6.54 Å². The van der Waals surface area contributed by atoms with E-state index in [1.165, 1.54) is 0 Å². The third-order valence-electron chi connectivity index (χ3n) is 7.36. The number of nitrogens with one attached hydrogen (secondary N) is 2. The van der Waals surface area contributed by atoms with Gasteiger partial charge in [0, 0.05) is 69.9 Å². The average Bonchev–Trinajstić information content (AvgIpc) is 3.13. The standard InChI is InChI=1S/C32H31ClN6O2/c1-19-17-39(18-20(2)36-19)31(40)21-8-11-24(12-9-21)37-32-35-16-22-15-34-30(26-6-4-5-7-28(26)41-3)27-14-23(33)10-13-25(27)29(22)38-32/h4-14,16,19-20,36H,15,17-18H2,1-3H3,(H,35,37,38). The summed E-state index contributed by atoms with van der Waals surface area (Å²) in [5.41, 5.74) is 6.62. The number of methoxy groups -OCH3 is 1. The minimum Gasteiger partial charge on any atom is -0.496 e. The summed E-state index contributed by atoms with van der Waals surface area (Å²) in [6.45, 7) is 6.00. The van der Waals surface area contributed by atoms with Gasteiger partial charge in [-0.25, -0.2) is 9.97 Å². The Morgan fingerprint density at radius 3 is 2.51 bits per heavy atom. The Morgan fingerprint density at radius 1 is 1.00 bits per heavy atom. The molecule has 2 unspecified atom stereocenters. The van der Waals surface area contributed by atoms with Gasteiger partial charge in [0.1, 0.15) is 5.75 Å². The molecule has 8 nitrogen and oxygen atoms in total. The van der Waals surface area contributed by atoms with Crippen LogP contribution in [0.15, 0.2) is 77.9 Å². The van der Waals surface area contributed by atoms with Gasteiger partial charge >= 0.3 is 0 Å². The van der Waals surface area contributed by atoms with Crippen molar-refractivity contribution in [2.45, 2.75) is 32.5 Å². The van der Waals surface area contributed by atoms with Crippen molar-refractivity contribution in [3.05, 3.63) is 100 Å². The minimum atomic E-state index is 0.0409. The molecule has 2 aliphatic rings. The van der Waals surface area contributed by atoms with Gasteiger partial charge in [0.05, 0.1) is 25.1 Å². The quantitative estimate of drug-likeness (QED) is 0.321. The molecule has 0 spiro atoms. The molecule has 3 heterocycles. The van der Waals surface area contributed by atoms with Gasteiger partial charge in [0.15, 0.2) is 0 Å². The number of fused-ring (bicyclic) bond motifs is 3. The highest BCUT2D eigenvalue weighted by atomic mass is 35.5. The third-order valence-corrected chi connectivity index (χ3v) is 7.59. The van der Waals surface area contributed by atoms with Crippen molar-refractivity contribution in [3.63, 3.8) is 0 Å². The van der Waals surface area contributed by atoms with E-state index >= 15 is 0 Å². The number of aromatic nitrogens is 2. The molecule has 41 heavy (non-hydrogen) atoms. The van der Waals surface area contributed by atoms with Crippen LogP contribution in [0, 0.1) is 0 Å². The molecule has 3 aromatic carbocycles. The zero-order valence-electron chi connectivity index (χ0n) is 23.2. The lowest BCUT2D eigenvalue weighted by Crippen LogP contribution is -2.55. The van der Waals surface area contributed by atoms with Gasteiger partial charge in [-0.2, -0.15) is 0 Å². The molecule has 4 aromatic rings. The van der Waals surface area contributed by atoms with Crippen molar-refractivity contribution < 1.29 is 9.53 Å². The number of piperazine rings is 1. The molecule has 1 amide bonds. The highest BCUT2D eigenvalue weighted by Crippen LogP contribution is 2.35. The van der Waals surface area contributed by atoms with Gasteiger partial charge < -0.3 is 20.3 Å². The van der Waals surface area contributed by atoms with E-state index in [0.29, 0.717) is 36.2 Å². The summed E-state index contributed by atoms with van der Waals surface area (Å²) in [4.78, 5) is 29.4. The number of carbonyl (C=O) groups excluding carboxylic acids is 1. The number of aliphatic imine (C=N–C) groups is 1. The lowest BCUT2D eigenvalue weighted by atomic mass is 9.95. The van der Waals surface area contributed by atoms with Crippen molar-refractivity contribution in [2.24, 2.45) is 4.99 Å². The van der Waals surface area contributed by atoms with E-state index in [1.807, 2.05) is 77.8 Å². The molecule has 1 fully saturated rings. The molecule has 1 aromatic heterocycles. The van der Waals surface area contributed by atoms with Gasteiger partial charge in [-0.3, -0.25) is 9.79 Å². The van der Waals surface area contributed by atoms with Gasteiger partial charge in [0.25, 0.3) is 5.91 Å². The van der Waals surface area contributed by atoms with E-state index in [4.69, 9.17) is 26.3 Å². The Morgan fingerprint density at radius 2 is 1.76 bits per heavy atom. The van der Waals surface area contributed by atoms with Crippen LogP contribution < -0.4 is 15.4 Å². The van der Waals surface area contributed by atoms with E-state index in [2.05, 4.69) is 29.5 Å². The first kappa shape index (κ1) is 26.9. The first-order chi connectivity index (χ1) is 19.9. The number of para-hydroxylation sites is 1. The van der Waals surface area contributed by atoms with E-state index in [9.17, 15) is 4.79 Å². The molecule has 2 N–H and O–H groups in total. The van der Waals surface area contributed by atoms with E-state index in [-0.39, 0.29) is 18.0 Å². The van der Waals surface area contributed by atoms with E-state index in [0.717, 1.165) is 45.1 Å². The number of rotatable bonds is 5. The largest absolute Gasteiger partial charge is 0.496 e. The Balaban J connectivity index is 1.28. The molecule has 208 valence electrons. The highest BCUT2D eigenvalue weighted by molar-refractivity contribution is 6.31. The number of nitrogens with zero attached hydrogens (tertiary/aromatic N) is 4. The summed E-state index contributed by atoms with van der Waals surface area (Å²) in [6.07, 6.45) is 1.81. The molecule has 6 rings (SSSR count). The van der Waals surface area contributed by atoms with Crippen molar-refractivity contribution in [3.8, 4) is 17.0 Å². The molecule has 2 atom stereocenters. The first-order valence-electron chi connectivity index (χ1n) is 13.7. The van der Waals surface area contributed by atoms with Crippen LogP contribution in [0.25, 0.3) is 11.3 Å². The number of anilines is 2. The predicted octanol–water partition coefficient (Wildman–Crippen LogP) is 5.72. The molecular formula is C32H31ClN6O2. The van der Waals surface area contributed by atoms with Crippen molar-refractivity contribution >= 4 is 34.9 Å². The maximum atomic E-state index is 13.1. The number of hydrogen-bond donors (Lipinski definition) is 2. The zero-order valence-corrected chi connectivity index (χ0v) is 23.9. The first-order valence-corrected chi connectivity index (χ1v) is 14.0. The summed E-state index contributed by atoms with van der Waals surface area (Å²) in [5.74, 6) is 1.23. The number of amides is 1. The second-order valence-corrected chi connectivity index (χ2v) is 10.9. The van der Waals surface area contributed by atoms with Gasteiger partial charge in [0.2, 0.25) is 5.95 Å². The molecule has 0 aliphatic carbocycles. The lowest BCUT2D eigenvalue weighted by molar-refractivity contribution is 0.0674. The van der Waals surface area contributed by atoms with Crippen LogP contribution in [0.1, 0.15) is 40.9 Å². The second-order valence-electron chi connectivity index (χ2n) is 10.5. The molecule has 0 radical (unpaired) electrons. The van der Waals surface area contributed by atoms with E-state index in [1.54, 1.807) is 7.11 Å². The Labute approximate surface area is 244 Å². The van der Waals surface area contributed by atoms with E-state index < -0.39 is 0 Å². The molecule has 1 saturated heterocycles. The summed E-state index contributed by atoms with van der Waals surface area (Å²) in [6, 6.07) is 21.6. The van der Waals surface area contributed by atoms with Crippen LogP contribution in [0.4, 0.5) is 11.6 Å².